The van der Waals surface area contributed by atoms with Crippen LogP contribution in [0.15, 0.2) is 16.3 Å². The van der Waals surface area contributed by atoms with E-state index in [1.54, 1.807) is 17.8 Å². The number of hydrogen-bond donors (Lipinski definition) is 2. The van der Waals surface area contributed by atoms with Crippen molar-refractivity contribution in [3.05, 3.63) is 17.0 Å². The average molecular weight is 337 g/mol. The molecule has 1 heterocycles. The summed E-state index contributed by atoms with van der Waals surface area (Å²) in [6.07, 6.45) is 3.95. The fraction of sp³-hybridized carbons (Fsp3) is 0.692. The van der Waals surface area contributed by atoms with E-state index in [-0.39, 0.29) is 0 Å². The summed E-state index contributed by atoms with van der Waals surface area (Å²) in [5.41, 5.74) is 0. The van der Waals surface area contributed by atoms with Gasteiger partial charge >= 0.3 is 0 Å². The third kappa shape index (κ3) is 6.13. The van der Waals surface area contributed by atoms with Gasteiger partial charge in [-0.05, 0) is 37.8 Å². The van der Waals surface area contributed by atoms with Crippen molar-refractivity contribution in [3.63, 3.8) is 0 Å². The zero-order chi connectivity index (χ0) is 15.0. The summed E-state index contributed by atoms with van der Waals surface area (Å²) >= 11 is 3.08. The Morgan fingerprint density at radius 3 is 2.75 bits per heavy atom. The summed E-state index contributed by atoms with van der Waals surface area (Å²) in [6.45, 7) is 6.38. The van der Waals surface area contributed by atoms with Crippen LogP contribution in [-0.2, 0) is 16.6 Å². The van der Waals surface area contributed by atoms with Crippen LogP contribution in [-0.4, -0.2) is 33.0 Å². The lowest BCUT2D eigenvalue weighted by Crippen LogP contribution is -2.25. The van der Waals surface area contributed by atoms with Crippen molar-refractivity contribution in [1.29, 1.82) is 0 Å². The Morgan fingerprint density at radius 1 is 1.35 bits per heavy atom. The Kier molecular flexibility index (Phi) is 8.13. The molecule has 1 unspecified atom stereocenters. The zero-order valence-electron chi connectivity index (χ0n) is 12.3. The van der Waals surface area contributed by atoms with Crippen molar-refractivity contribution in [3.8, 4) is 0 Å². The first-order chi connectivity index (χ1) is 9.49. The van der Waals surface area contributed by atoms with E-state index in [0.717, 1.165) is 30.8 Å². The lowest BCUT2D eigenvalue weighted by atomic mass is 10.3. The van der Waals surface area contributed by atoms with E-state index in [2.05, 4.69) is 23.9 Å². The molecule has 1 aromatic rings. The van der Waals surface area contributed by atoms with E-state index in [0.29, 0.717) is 16.0 Å². The molecule has 0 amide bonds. The Hall–Kier alpha value is -0.0800. The highest BCUT2D eigenvalue weighted by Gasteiger charge is 2.16. The van der Waals surface area contributed by atoms with Crippen LogP contribution in [0, 0.1) is 0 Å². The Balaban J connectivity index is 2.50. The maximum Gasteiger partial charge on any atom is 0.250 e. The van der Waals surface area contributed by atoms with Crippen molar-refractivity contribution in [2.24, 2.45) is 0 Å². The van der Waals surface area contributed by atoms with Crippen molar-refractivity contribution in [2.45, 2.75) is 42.7 Å². The first-order valence-corrected chi connectivity index (χ1v) is 10.4. The van der Waals surface area contributed by atoms with Crippen LogP contribution in [0.25, 0.3) is 0 Å². The molecule has 1 aromatic heterocycles. The van der Waals surface area contributed by atoms with Crippen molar-refractivity contribution in [2.75, 3.05) is 19.3 Å². The SMILES string of the molecule is CCCNCc1ccc(S(=O)(=O)NCCC(C)SC)s1. The maximum absolute atomic E-state index is 12.1. The molecule has 2 N–H and O–H groups in total. The third-order valence-electron chi connectivity index (χ3n) is 2.87. The summed E-state index contributed by atoms with van der Waals surface area (Å²) < 4.78 is 27.3. The molecule has 0 saturated carbocycles. The highest BCUT2D eigenvalue weighted by atomic mass is 32.2. The fourth-order valence-corrected chi connectivity index (χ4v) is 4.34. The quantitative estimate of drug-likeness (QED) is 0.645. The minimum atomic E-state index is -3.34. The number of rotatable bonds is 10. The van der Waals surface area contributed by atoms with E-state index < -0.39 is 10.0 Å². The number of sulfonamides is 1. The predicted octanol–water partition coefficient (Wildman–Crippen LogP) is 2.67. The zero-order valence-corrected chi connectivity index (χ0v) is 14.8. The topological polar surface area (TPSA) is 58.2 Å². The van der Waals surface area contributed by atoms with Gasteiger partial charge in [0.25, 0.3) is 0 Å². The molecular weight excluding hydrogens is 312 g/mol. The number of thiophene rings is 1. The molecule has 20 heavy (non-hydrogen) atoms. The molecule has 1 rings (SSSR count). The van der Waals surface area contributed by atoms with Crippen LogP contribution >= 0.6 is 23.1 Å². The molecule has 0 spiro atoms. The molecule has 4 nitrogen and oxygen atoms in total. The predicted molar refractivity (Wildman–Crippen MR) is 89.1 cm³/mol. The molecule has 0 fully saturated rings. The van der Waals surface area contributed by atoms with Gasteiger partial charge in [-0.15, -0.1) is 11.3 Å². The smallest absolute Gasteiger partial charge is 0.250 e. The van der Waals surface area contributed by atoms with Gasteiger partial charge in [-0.3, -0.25) is 0 Å². The van der Waals surface area contributed by atoms with E-state index in [1.807, 2.05) is 12.3 Å². The number of thioether (sulfide) groups is 1. The fourth-order valence-electron chi connectivity index (χ4n) is 1.57. The first-order valence-electron chi connectivity index (χ1n) is 6.81. The summed E-state index contributed by atoms with van der Waals surface area (Å²) in [5.74, 6) is 0. The lowest BCUT2D eigenvalue weighted by molar-refractivity contribution is 0.581. The van der Waals surface area contributed by atoms with E-state index in [1.165, 1.54) is 11.3 Å². The summed E-state index contributed by atoms with van der Waals surface area (Å²) in [7, 11) is -3.34. The number of hydrogen-bond acceptors (Lipinski definition) is 5. The molecule has 116 valence electrons. The number of nitrogens with one attached hydrogen (secondary N) is 2. The average Bonchev–Trinajstić information content (AvgIpc) is 2.88. The molecule has 0 aliphatic heterocycles. The summed E-state index contributed by atoms with van der Waals surface area (Å²) in [5, 5.41) is 3.74. The van der Waals surface area contributed by atoms with Gasteiger partial charge in [-0.1, -0.05) is 13.8 Å². The van der Waals surface area contributed by atoms with Crippen LogP contribution in [0.5, 0.6) is 0 Å². The van der Waals surface area contributed by atoms with Gasteiger partial charge in [0.15, 0.2) is 0 Å². The van der Waals surface area contributed by atoms with Gasteiger partial charge in [-0.25, -0.2) is 13.1 Å². The summed E-state index contributed by atoms with van der Waals surface area (Å²) in [4.78, 5) is 1.05. The van der Waals surface area contributed by atoms with Gasteiger partial charge in [-0.2, -0.15) is 11.8 Å². The molecule has 0 bridgehead atoms. The molecule has 1 atom stereocenters. The molecule has 0 aromatic carbocycles. The van der Waals surface area contributed by atoms with E-state index >= 15 is 0 Å². The second-order valence-electron chi connectivity index (χ2n) is 4.63. The normalized spacial score (nSPS) is 13.6. The maximum atomic E-state index is 12.1. The Bertz CT molecular complexity index is 486. The van der Waals surface area contributed by atoms with Crippen molar-refractivity contribution < 1.29 is 8.42 Å². The van der Waals surface area contributed by atoms with Crippen LogP contribution in [0.1, 0.15) is 31.6 Å². The Morgan fingerprint density at radius 2 is 2.10 bits per heavy atom. The van der Waals surface area contributed by atoms with Gasteiger partial charge in [0.05, 0.1) is 0 Å². The lowest BCUT2D eigenvalue weighted by Gasteiger charge is -2.08. The third-order valence-corrected chi connectivity index (χ3v) is 6.95. The standard InChI is InChI=1S/C13H24N2O2S3/c1-4-8-14-10-12-5-6-13(19-12)20(16,17)15-9-7-11(2)18-3/h5-6,11,14-15H,4,7-10H2,1-3H3. The molecule has 7 heteroatoms. The van der Waals surface area contributed by atoms with E-state index in [4.69, 9.17) is 0 Å². The molecule has 0 aliphatic carbocycles. The van der Waals surface area contributed by atoms with Gasteiger partial charge < -0.3 is 5.32 Å². The highest BCUT2D eigenvalue weighted by molar-refractivity contribution is 7.99. The second-order valence-corrected chi connectivity index (χ2v) is 9.07. The molecule has 0 saturated heterocycles. The first kappa shape index (κ1) is 18.0. The molecule has 0 aliphatic rings. The second kappa shape index (κ2) is 9.04. The van der Waals surface area contributed by atoms with Crippen molar-refractivity contribution in [1.82, 2.24) is 10.0 Å². The van der Waals surface area contributed by atoms with E-state index in [9.17, 15) is 8.42 Å². The van der Waals surface area contributed by atoms with Gasteiger partial charge in [0.2, 0.25) is 10.0 Å². The monoisotopic (exact) mass is 336 g/mol. The van der Waals surface area contributed by atoms with Crippen LogP contribution in [0.2, 0.25) is 0 Å². The summed E-state index contributed by atoms with van der Waals surface area (Å²) in [6, 6.07) is 3.57. The van der Waals surface area contributed by atoms with Crippen LogP contribution in [0.3, 0.4) is 0 Å². The van der Waals surface area contributed by atoms with Crippen LogP contribution < -0.4 is 10.0 Å². The van der Waals surface area contributed by atoms with Crippen molar-refractivity contribution >= 4 is 33.1 Å². The Labute approximate surface area is 130 Å². The molecule has 0 radical (unpaired) electrons. The minimum absolute atomic E-state index is 0.405. The minimum Gasteiger partial charge on any atom is -0.312 e. The highest BCUT2D eigenvalue weighted by Crippen LogP contribution is 2.21. The van der Waals surface area contributed by atoms with Crippen LogP contribution in [0.4, 0.5) is 0 Å². The largest absolute Gasteiger partial charge is 0.312 e. The molecular formula is C13H24N2O2S3. The van der Waals surface area contributed by atoms with Gasteiger partial charge in [0, 0.05) is 23.2 Å². The van der Waals surface area contributed by atoms with Gasteiger partial charge in [0.1, 0.15) is 4.21 Å².